The predicted molar refractivity (Wildman–Crippen MR) is 108 cm³/mol. The molecule has 0 saturated carbocycles. The summed E-state index contributed by atoms with van der Waals surface area (Å²) in [5, 5.41) is 0. The summed E-state index contributed by atoms with van der Waals surface area (Å²) >= 11 is 0. The molecule has 0 aliphatic rings. The molecule has 0 unspecified atom stereocenters. The summed E-state index contributed by atoms with van der Waals surface area (Å²) in [6.45, 7) is 10.7. The summed E-state index contributed by atoms with van der Waals surface area (Å²) in [5.74, 6) is -0.0889. The Morgan fingerprint density at radius 1 is 0.786 bits per heavy atom. The Balaban J connectivity index is 2.13. The standard InChI is InChI=1S/C22H27NO5/c1-21(2,3)27-19(24)17-12-9-15(13-18(17)23)14-7-10-16(11-8-14)26-20(25)28-22(4,5)6/h7-13H,23H2,1-6H3. The predicted octanol–water partition coefficient (Wildman–Crippen LogP) is 5.21. The Labute approximate surface area is 165 Å². The minimum absolute atomic E-state index is 0.323. The second kappa shape index (κ2) is 7.92. The van der Waals surface area contributed by atoms with Gasteiger partial charge in [-0.2, -0.15) is 0 Å². The van der Waals surface area contributed by atoms with E-state index >= 15 is 0 Å². The van der Waals surface area contributed by atoms with Gasteiger partial charge < -0.3 is 19.9 Å². The molecule has 0 aliphatic carbocycles. The first kappa shape index (κ1) is 21.3. The van der Waals surface area contributed by atoms with Crippen molar-refractivity contribution in [2.45, 2.75) is 52.7 Å². The van der Waals surface area contributed by atoms with Crippen LogP contribution in [0, 0.1) is 0 Å². The molecule has 0 bridgehead atoms. The number of carbonyl (C=O) groups excluding carboxylic acids is 2. The molecule has 2 rings (SSSR count). The van der Waals surface area contributed by atoms with E-state index < -0.39 is 23.3 Å². The van der Waals surface area contributed by atoms with Crippen LogP contribution < -0.4 is 10.5 Å². The van der Waals surface area contributed by atoms with E-state index in [4.69, 9.17) is 19.9 Å². The van der Waals surface area contributed by atoms with Gasteiger partial charge >= 0.3 is 12.1 Å². The molecular weight excluding hydrogens is 358 g/mol. The van der Waals surface area contributed by atoms with Crippen LogP contribution in [0.25, 0.3) is 11.1 Å². The smallest absolute Gasteiger partial charge is 0.456 e. The van der Waals surface area contributed by atoms with Crippen molar-refractivity contribution in [2.24, 2.45) is 0 Å². The summed E-state index contributed by atoms with van der Waals surface area (Å²) in [6, 6.07) is 12.1. The topological polar surface area (TPSA) is 87.8 Å². The molecule has 0 aliphatic heterocycles. The molecule has 0 fully saturated rings. The normalized spacial score (nSPS) is 11.6. The number of rotatable bonds is 3. The lowest BCUT2D eigenvalue weighted by molar-refractivity contribution is 0.00696. The SMILES string of the molecule is CC(C)(C)OC(=O)Oc1ccc(-c2ccc(C(=O)OC(C)(C)C)c(N)c2)cc1. The van der Waals surface area contributed by atoms with Crippen molar-refractivity contribution in [3.63, 3.8) is 0 Å². The summed E-state index contributed by atoms with van der Waals surface area (Å²) in [5.41, 5.74) is 7.18. The number of anilines is 1. The van der Waals surface area contributed by atoms with Crippen LogP contribution in [-0.2, 0) is 9.47 Å². The van der Waals surface area contributed by atoms with Crippen LogP contribution >= 0.6 is 0 Å². The van der Waals surface area contributed by atoms with Crippen molar-refractivity contribution < 1.29 is 23.8 Å². The molecule has 0 radical (unpaired) electrons. The van der Waals surface area contributed by atoms with Gasteiger partial charge in [-0.3, -0.25) is 0 Å². The van der Waals surface area contributed by atoms with Crippen LogP contribution in [0.1, 0.15) is 51.9 Å². The van der Waals surface area contributed by atoms with Gasteiger partial charge in [-0.05, 0) is 76.9 Å². The summed E-state index contributed by atoms with van der Waals surface area (Å²) in [7, 11) is 0. The third-order valence-corrected chi connectivity index (χ3v) is 3.45. The minimum Gasteiger partial charge on any atom is -0.456 e. The number of nitrogens with two attached hydrogens (primary N) is 1. The summed E-state index contributed by atoms with van der Waals surface area (Å²) in [4.78, 5) is 23.9. The Kier molecular flexibility index (Phi) is 6.02. The average Bonchev–Trinajstić information content (AvgIpc) is 2.51. The van der Waals surface area contributed by atoms with Gasteiger partial charge in [0.15, 0.2) is 0 Å². The van der Waals surface area contributed by atoms with Gasteiger partial charge in [0.05, 0.1) is 5.56 Å². The van der Waals surface area contributed by atoms with Crippen LogP contribution in [0.5, 0.6) is 5.75 Å². The van der Waals surface area contributed by atoms with Crippen molar-refractivity contribution in [2.75, 3.05) is 5.73 Å². The summed E-state index contributed by atoms with van der Waals surface area (Å²) in [6.07, 6.45) is -0.758. The van der Waals surface area contributed by atoms with Crippen molar-refractivity contribution in [1.82, 2.24) is 0 Å². The van der Waals surface area contributed by atoms with E-state index in [1.54, 1.807) is 84.0 Å². The van der Waals surface area contributed by atoms with Gasteiger partial charge in [0.25, 0.3) is 0 Å². The maximum Gasteiger partial charge on any atom is 0.514 e. The highest BCUT2D eigenvalue weighted by molar-refractivity contribution is 5.96. The number of benzene rings is 2. The lowest BCUT2D eigenvalue weighted by atomic mass is 10.0. The Morgan fingerprint density at radius 2 is 1.32 bits per heavy atom. The highest BCUT2D eigenvalue weighted by atomic mass is 16.7. The lowest BCUT2D eigenvalue weighted by Gasteiger charge is -2.20. The van der Waals surface area contributed by atoms with E-state index in [9.17, 15) is 9.59 Å². The largest absolute Gasteiger partial charge is 0.514 e. The number of hydrogen-bond donors (Lipinski definition) is 1. The van der Waals surface area contributed by atoms with Crippen LogP contribution in [-0.4, -0.2) is 23.3 Å². The molecule has 2 aromatic rings. The molecule has 0 amide bonds. The van der Waals surface area contributed by atoms with Crippen LogP contribution in [0.3, 0.4) is 0 Å². The van der Waals surface area contributed by atoms with Gasteiger partial charge in [0, 0.05) is 5.69 Å². The second-order valence-corrected chi connectivity index (χ2v) is 8.39. The molecule has 2 N–H and O–H groups in total. The molecule has 0 saturated heterocycles. The van der Waals surface area contributed by atoms with E-state index in [0.717, 1.165) is 11.1 Å². The number of ether oxygens (including phenoxy) is 3. The highest BCUT2D eigenvalue weighted by Crippen LogP contribution is 2.27. The van der Waals surface area contributed by atoms with Crippen LogP contribution in [0.4, 0.5) is 10.5 Å². The Bertz CT molecular complexity index is 858. The molecular formula is C22H27NO5. The van der Waals surface area contributed by atoms with Gasteiger partial charge in [-0.25, -0.2) is 9.59 Å². The molecule has 28 heavy (non-hydrogen) atoms. The molecule has 0 heterocycles. The Morgan fingerprint density at radius 3 is 1.82 bits per heavy atom. The third kappa shape index (κ3) is 6.30. The third-order valence-electron chi connectivity index (χ3n) is 3.45. The molecule has 2 aromatic carbocycles. The van der Waals surface area contributed by atoms with Gasteiger partial charge in [-0.1, -0.05) is 18.2 Å². The van der Waals surface area contributed by atoms with E-state index in [1.807, 2.05) is 0 Å². The fourth-order valence-corrected chi connectivity index (χ4v) is 2.34. The van der Waals surface area contributed by atoms with Crippen molar-refractivity contribution >= 4 is 17.8 Å². The zero-order chi connectivity index (χ0) is 21.1. The monoisotopic (exact) mass is 385 g/mol. The molecule has 0 aromatic heterocycles. The first-order chi connectivity index (χ1) is 12.8. The highest BCUT2D eigenvalue weighted by Gasteiger charge is 2.20. The number of carbonyl (C=O) groups is 2. The van der Waals surface area contributed by atoms with Crippen molar-refractivity contribution in [3.05, 3.63) is 48.0 Å². The van der Waals surface area contributed by atoms with E-state index in [2.05, 4.69) is 0 Å². The van der Waals surface area contributed by atoms with E-state index in [0.29, 0.717) is 17.0 Å². The minimum atomic E-state index is -0.758. The number of hydrogen-bond acceptors (Lipinski definition) is 6. The van der Waals surface area contributed by atoms with Gasteiger partial charge in [-0.15, -0.1) is 0 Å². The van der Waals surface area contributed by atoms with Crippen molar-refractivity contribution in [3.8, 4) is 16.9 Å². The van der Waals surface area contributed by atoms with E-state index in [-0.39, 0.29) is 0 Å². The average molecular weight is 385 g/mol. The zero-order valence-electron chi connectivity index (χ0n) is 17.2. The molecule has 0 spiro atoms. The fraction of sp³-hybridized carbons (Fsp3) is 0.364. The molecule has 6 heteroatoms. The first-order valence-electron chi connectivity index (χ1n) is 8.98. The van der Waals surface area contributed by atoms with Crippen LogP contribution in [0.15, 0.2) is 42.5 Å². The molecule has 150 valence electrons. The first-order valence-corrected chi connectivity index (χ1v) is 8.98. The van der Waals surface area contributed by atoms with E-state index in [1.165, 1.54) is 0 Å². The molecule has 6 nitrogen and oxygen atoms in total. The lowest BCUT2D eigenvalue weighted by Crippen LogP contribution is -2.25. The van der Waals surface area contributed by atoms with Crippen molar-refractivity contribution in [1.29, 1.82) is 0 Å². The van der Waals surface area contributed by atoms with Crippen LogP contribution in [0.2, 0.25) is 0 Å². The zero-order valence-corrected chi connectivity index (χ0v) is 17.2. The number of nitrogen functional groups attached to an aromatic ring is 1. The maximum atomic E-state index is 12.2. The maximum absolute atomic E-state index is 12.2. The molecule has 0 atom stereocenters. The fourth-order valence-electron chi connectivity index (χ4n) is 2.34. The van der Waals surface area contributed by atoms with Gasteiger partial charge in [0.1, 0.15) is 17.0 Å². The van der Waals surface area contributed by atoms with Gasteiger partial charge in [0.2, 0.25) is 0 Å². The summed E-state index contributed by atoms with van der Waals surface area (Å²) < 4.78 is 15.6. The number of esters is 1. The second-order valence-electron chi connectivity index (χ2n) is 8.39. The quantitative estimate of drug-likeness (QED) is 0.443. The Hall–Kier alpha value is -3.02.